The largest absolute Gasteiger partial charge is 0.419 e. The first-order valence-electron chi connectivity index (χ1n) is 12.6. The standard InChI is InChI=1S/C32H27O2P/c1-2-10-22(11-3-1)25-14-8-9-17-30(25)35-33-28-20-18-23-12-4-6-15-26(23)31(28)32-27-16-7-5-13-24(27)19-21-29(32)34-35/h1-7,10-13,15-16,18-21,25,30H,8-9,14,17H2/t25-,30+/m0/s1. The van der Waals surface area contributed by atoms with Crippen LogP contribution >= 0.6 is 8.01 Å². The van der Waals surface area contributed by atoms with Crippen LogP contribution in [0.5, 0.6) is 0 Å². The van der Waals surface area contributed by atoms with E-state index in [9.17, 15) is 0 Å². The highest BCUT2D eigenvalue weighted by Gasteiger charge is 2.31. The van der Waals surface area contributed by atoms with Gasteiger partial charge in [0.2, 0.25) is 8.01 Å². The average Bonchev–Trinajstić information content (AvgIpc) is 3.11. The van der Waals surface area contributed by atoms with Gasteiger partial charge in [-0.05, 0) is 58.0 Å². The Labute approximate surface area is 205 Å². The molecule has 0 unspecified atom stereocenters. The van der Waals surface area contributed by atoms with Crippen molar-refractivity contribution in [1.82, 2.24) is 0 Å². The maximum Gasteiger partial charge on any atom is 0.220 e. The molecule has 0 bridgehead atoms. The number of hydrogen-bond donors (Lipinski definition) is 0. The smallest absolute Gasteiger partial charge is 0.220 e. The van der Waals surface area contributed by atoms with E-state index >= 15 is 0 Å². The van der Waals surface area contributed by atoms with Gasteiger partial charge >= 0.3 is 0 Å². The number of rotatable bonds is 2. The molecule has 7 rings (SSSR count). The molecule has 0 radical (unpaired) electrons. The molecule has 0 spiro atoms. The second kappa shape index (κ2) is 8.63. The summed E-state index contributed by atoms with van der Waals surface area (Å²) in [6, 6.07) is 36.9. The Bertz CT molecular complexity index is 1620. The molecule has 1 fully saturated rings. The third kappa shape index (κ3) is 3.56. The topological polar surface area (TPSA) is 26.3 Å². The van der Waals surface area contributed by atoms with Gasteiger partial charge < -0.3 is 8.39 Å². The van der Waals surface area contributed by atoms with E-state index in [1.54, 1.807) is 0 Å². The molecular formula is C32H27O2P. The van der Waals surface area contributed by atoms with Crippen LogP contribution in [0.25, 0.3) is 43.5 Å². The number of benzene rings is 5. The van der Waals surface area contributed by atoms with Crippen LogP contribution in [0.2, 0.25) is 0 Å². The Morgan fingerprint density at radius 3 is 1.71 bits per heavy atom. The molecule has 1 saturated carbocycles. The Hall–Kier alpha value is -3.48. The molecule has 2 atom stereocenters. The van der Waals surface area contributed by atoms with Crippen LogP contribution in [0.1, 0.15) is 42.8 Å². The summed E-state index contributed by atoms with van der Waals surface area (Å²) in [5.74, 6) is 0.460. The Kier molecular flexibility index (Phi) is 5.14. The Morgan fingerprint density at radius 2 is 1.09 bits per heavy atom. The van der Waals surface area contributed by atoms with E-state index in [4.69, 9.17) is 8.39 Å². The molecule has 5 aromatic carbocycles. The van der Waals surface area contributed by atoms with Crippen LogP contribution in [0.4, 0.5) is 0 Å². The van der Waals surface area contributed by atoms with Crippen molar-refractivity contribution < 1.29 is 8.39 Å². The fraction of sp³-hybridized carbons (Fsp3) is 0.188. The quantitative estimate of drug-likeness (QED) is 0.249. The first-order chi connectivity index (χ1) is 17.4. The monoisotopic (exact) mass is 474 g/mol. The average molecular weight is 475 g/mol. The Morgan fingerprint density at radius 1 is 0.543 bits per heavy atom. The van der Waals surface area contributed by atoms with Gasteiger partial charge in [0, 0.05) is 10.8 Å². The summed E-state index contributed by atoms with van der Waals surface area (Å²) in [5.41, 5.74) is 3.66. The predicted molar refractivity (Wildman–Crippen MR) is 148 cm³/mol. The van der Waals surface area contributed by atoms with Gasteiger partial charge in [0.05, 0.1) is 5.66 Å². The minimum Gasteiger partial charge on any atom is -0.419 e. The number of fused-ring (bicyclic) bond motifs is 7. The van der Waals surface area contributed by atoms with E-state index in [-0.39, 0.29) is 0 Å². The fourth-order valence-corrected chi connectivity index (χ4v) is 7.98. The second-order valence-electron chi connectivity index (χ2n) is 9.66. The minimum atomic E-state index is -1.16. The summed E-state index contributed by atoms with van der Waals surface area (Å²) in [5, 5.41) is 7.19. The van der Waals surface area contributed by atoms with Crippen molar-refractivity contribution in [3.63, 3.8) is 0 Å². The van der Waals surface area contributed by atoms with Crippen molar-refractivity contribution in [1.29, 1.82) is 0 Å². The summed E-state index contributed by atoms with van der Waals surface area (Å²) in [4.78, 5) is 0. The number of hydrogen-bond acceptors (Lipinski definition) is 2. The first-order valence-corrected chi connectivity index (χ1v) is 13.9. The van der Waals surface area contributed by atoms with Crippen LogP contribution < -0.4 is 0 Å². The van der Waals surface area contributed by atoms with Crippen molar-refractivity contribution in [2.45, 2.75) is 37.3 Å². The molecule has 6 aromatic rings. The summed E-state index contributed by atoms with van der Waals surface area (Å²) in [6.07, 6.45) is 4.82. The molecule has 2 nitrogen and oxygen atoms in total. The van der Waals surface area contributed by atoms with Gasteiger partial charge in [0.1, 0.15) is 11.2 Å². The van der Waals surface area contributed by atoms with Crippen LogP contribution in [0, 0.1) is 0 Å². The SMILES string of the molecule is c1ccc([C@@H]2CCCC[C@H]2p2oc3ccc4ccccc4c3c3c(ccc4ccccc43)o2)cc1. The van der Waals surface area contributed by atoms with Gasteiger partial charge in [-0.1, -0.05) is 104 Å². The minimum absolute atomic E-state index is 0.359. The van der Waals surface area contributed by atoms with Crippen molar-refractivity contribution >= 4 is 51.5 Å². The van der Waals surface area contributed by atoms with E-state index in [0.717, 1.165) is 28.4 Å². The van der Waals surface area contributed by atoms with Crippen molar-refractivity contribution in [2.24, 2.45) is 0 Å². The zero-order valence-electron chi connectivity index (χ0n) is 19.6. The maximum absolute atomic E-state index is 6.93. The fourth-order valence-electron chi connectivity index (χ4n) is 5.97. The molecule has 3 heteroatoms. The van der Waals surface area contributed by atoms with Crippen LogP contribution in [0.15, 0.2) is 112 Å². The highest BCUT2D eigenvalue weighted by Crippen LogP contribution is 2.56. The van der Waals surface area contributed by atoms with Gasteiger partial charge in [-0.2, -0.15) is 0 Å². The first kappa shape index (κ1) is 20.9. The summed E-state index contributed by atoms with van der Waals surface area (Å²) < 4.78 is 13.9. The summed E-state index contributed by atoms with van der Waals surface area (Å²) >= 11 is 0. The zero-order chi connectivity index (χ0) is 23.2. The molecule has 0 N–H and O–H groups in total. The van der Waals surface area contributed by atoms with E-state index in [2.05, 4.69) is 103 Å². The van der Waals surface area contributed by atoms with Crippen molar-refractivity contribution in [3.8, 4) is 0 Å². The predicted octanol–water partition coefficient (Wildman–Crippen LogP) is 10.5. The molecule has 0 amide bonds. The highest BCUT2D eigenvalue weighted by molar-refractivity contribution is 7.37. The maximum atomic E-state index is 6.93. The molecule has 1 aliphatic rings. The highest BCUT2D eigenvalue weighted by atomic mass is 31.1. The molecular weight excluding hydrogens is 447 g/mol. The normalized spacial score (nSPS) is 18.4. The molecule has 0 saturated heterocycles. The van der Waals surface area contributed by atoms with Crippen LogP contribution in [0.3, 0.4) is 0 Å². The third-order valence-corrected chi connectivity index (χ3v) is 9.55. The lowest BCUT2D eigenvalue weighted by atomic mass is 9.83. The van der Waals surface area contributed by atoms with Crippen molar-refractivity contribution in [3.05, 3.63) is 109 Å². The molecule has 0 aliphatic heterocycles. The lowest BCUT2D eigenvalue weighted by molar-refractivity contribution is 0.410. The van der Waals surface area contributed by atoms with E-state index in [1.165, 1.54) is 46.4 Å². The third-order valence-electron chi connectivity index (χ3n) is 7.64. The Balaban J connectivity index is 1.59. The molecule has 1 aliphatic carbocycles. The van der Waals surface area contributed by atoms with E-state index in [1.807, 2.05) is 0 Å². The van der Waals surface area contributed by atoms with Gasteiger partial charge in [0.15, 0.2) is 0 Å². The van der Waals surface area contributed by atoms with Gasteiger partial charge in [-0.25, -0.2) is 0 Å². The summed E-state index contributed by atoms with van der Waals surface area (Å²) in [7, 11) is -1.16. The van der Waals surface area contributed by atoms with Crippen LogP contribution in [-0.4, -0.2) is 0 Å². The van der Waals surface area contributed by atoms with Gasteiger partial charge in [-0.15, -0.1) is 0 Å². The molecule has 35 heavy (non-hydrogen) atoms. The lowest BCUT2D eigenvalue weighted by Gasteiger charge is -2.29. The van der Waals surface area contributed by atoms with E-state index < -0.39 is 8.01 Å². The molecule has 1 aromatic heterocycles. The van der Waals surface area contributed by atoms with Gasteiger partial charge in [-0.3, -0.25) is 0 Å². The molecule has 172 valence electrons. The van der Waals surface area contributed by atoms with Gasteiger partial charge in [0.25, 0.3) is 0 Å². The van der Waals surface area contributed by atoms with Crippen molar-refractivity contribution in [2.75, 3.05) is 0 Å². The van der Waals surface area contributed by atoms with E-state index in [0.29, 0.717) is 11.6 Å². The lowest BCUT2D eigenvalue weighted by Crippen LogP contribution is -2.11. The van der Waals surface area contributed by atoms with Crippen LogP contribution in [-0.2, 0) is 0 Å². The molecule has 1 heterocycles. The zero-order valence-corrected chi connectivity index (χ0v) is 20.5. The second-order valence-corrected chi connectivity index (χ2v) is 11.3. The summed E-state index contributed by atoms with van der Waals surface area (Å²) in [6.45, 7) is 0.